The average Bonchev–Trinajstić information content (AvgIpc) is 2.49. The molecule has 0 aliphatic carbocycles. The van der Waals surface area contributed by atoms with Crippen LogP contribution in [0.25, 0.3) is 0 Å². The van der Waals surface area contributed by atoms with Crippen molar-refractivity contribution in [3.8, 4) is 5.75 Å². The summed E-state index contributed by atoms with van der Waals surface area (Å²) in [6.45, 7) is 0. The lowest BCUT2D eigenvalue weighted by Crippen LogP contribution is -2.14. The van der Waals surface area contributed by atoms with Crippen LogP contribution in [0.15, 0.2) is 36.4 Å². The number of aryl methyl sites for hydroxylation is 1. The predicted molar refractivity (Wildman–Crippen MR) is 74.6 cm³/mol. The van der Waals surface area contributed by atoms with Crippen LogP contribution in [0.1, 0.15) is 23.6 Å². The maximum atomic E-state index is 13.6. The molecule has 0 bridgehead atoms. The van der Waals surface area contributed by atoms with Gasteiger partial charge in [-0.3, -0.25) is 0 Å². The monoisotopic (exact) mass is 295 g/mol. The highest BCUT2D eigenvalue weighted by atomic mass is 19.2. The fraction of sp³-hybridized carbons (Fsp3) is 0.250. The molecule has 21 heavy (non-hydrogen) atoms. The quantitative estimate of drug-likeness (QED) is 0.853. The minimum absolute atomic E-state index is 0.0117. The summed E-state index contributed by atoms with van der Waals surface area (Å²) in [5.74, 6) is -2.38. The van der Waals surface area contributed by atoms with Gasteiger partial charge >= 0.3 is 0 Å². The number of rotatable bonds is 5. The standard InChI is InChI=1S/C16H16F3NO/c1-21-11-5-2-10(3-6-11)4-7-16(20)12-8-14(18)15(19)9-13(12)17/h2-3,5-6,8-9,16H,4,7,20H2,1H3. The van der Waals surface area contributed by atoms with Crippen molar-refractivity contribution in [2.24, 2.45) is 5.73 Å². The van der Waals surface area contributed by atoms with Crippen molar-refractivity contribution in [3.05, 3.63) is 65.0 Å². The third-order valence-corrected chi connectivity index (χ3v) is 3.34. The van der Waals surface area contributed by atoms with E-state index in [1.165, 1.54) is 0 Å². The van der Waals surface area contributed by atoms with Crippen molar-refractivity contribution in [1.82, 2.24) is 0 Å². The van der Waals surface area contributed by atoms with Gasteiger partial charge in [-0.1, -0.05) is 12.1 Å². The van der Waals surface area contributed by atoms with Gasteiger partial charge in [0.15, 0.2) is 11.6 Å². The third-order valence-electron chi connectivity index (χ3n) is 3.34. The van der Waals surface area contributed by atoms with Crippen molar-refractivity contribution in [2.45, 2.75) is 18.9 Å². The zero-order valence-corrected chi connectivity index (χ0v) is 11.6. The van der Waals surface area contributed by atoms with Gasteiger partial charge in [-0.15, -0.1) is 0 Å². The Bertz CT molecular complexity index is 614. The topological polar surface area (TPSA) is 35.2 Å². The Hall–Kier alpha value is -2.01. The molecule has 2 nitrogen and oxygen atoms in total. The van der Waals surface area contributed by atoms with E-state index < -0.39 is 23.5 Å². The van der Waals surface area contributed by atoms with Crippen molar-refractivity contribution in [2.75, 3.05) is 7.11 Å². The Balaban J connectivity index is 2.04. The fourth-order valence-electron chi connectivity index (χ4n) is 2.09. The minimum Gasteiger partial charge on any atom is -0.497 e. The van der Waals surface area contributed by atoms with E-state index in [2.05, 4.69) is 0 Å². The van der Waals surface area contributed by atoms with Crippen LogP contribution in [0.3, 0.4) is 0 Å². The van der Waals surface area contributed by atoms with E-state index in [0.717, 1.165) is 17.4 Å². The highest BCUT2D eigenvalue weighted by molar-refractivity contribution is 5.28. The van der Waals surface area contributed by atoms with E-state index in [1.807, 2.05) is 24.3 Å². The molecule has 2 N–H and O–H groups in total. The second-order valence-corrected chi connectivity index (χ2v) is 4.78. The molecule has 0 saturated carbocycles. The molecule has 0 aliphatic rings. The average molecular weight is 295 g/mol. The molecule has 0 aromatic heterocycles. The van der Waals surface area contributed by atoms with E-state index in [4.69, 9.17) is 10.5 Å². The first-order chi connectivity index (χ1) is 10.0. The molecule has 1 unspecified atom stereocenters. The minimum atomic E-state index is -1.21. The summed E-state index contributed by atoms with van der Waals surface area (Å²) in [7, 11) is 1.58. The van der Waals surface area contributed by atoms with E-state index in [1.54, 1.807) is 7.11 Å². The van der Waals surface area contributed by atoms with Gasteiger partial charge in [-0.05, 0) is 36.6 Å². The van der Waals surface area contributed by atoms with Crippen LogP contribution in [0, 0.1) is 17.5 Å². The third kappa shape index (κ3) is 3.76. The summed E-state index contributed by atoms with van der Waals surface area (Å²) >= 11 is 0. The van der Waals surface area contributed by atoms with Crippen LogP contribution >= 0.6 is 0 Å². The Morgan fingerprint density at radius 1 is 1.00 bits per heavy atom. The normalized spacial score (nSPS) is 12.2. The van der Waals surface area contributed by atoms with Gasteiger partial charge < -0.3 is 10.5 Å². The maximum absolute atomic E-state index is 13.6. The Kier molecular flexibility index (Phi) is 4.85. The fourth-order valence-corrected chi connectivity index (χ4v) is 2.09. The Morgan fingerprint density at radius 2 is 1.62 bits per heavy atom. The van der Waals surface area contributed by atoms with Gasteiger partial charge in [0.05, 0.1) is 7.11 Å². The zero-order valence-electron chi connectivity index (χ0n) is 11.6. The second kappa shape index (κ2) is 6.63. The summed E-state index contributed by atoms with van der Waals surface area (Å²) in [5, 5.41) is 0. The molecule has 5 heteroatoms. The molecule has 0 saturated heterocycles. The highest BCUT2D eigenvalue weighted by Gasteiger charge is 2.15. The summed E-state index contributed by atoms with van der Waals surface area (Å²) in [5.41, 5.74) is 6.86. The lowest BCUT2D eigenvalue weighted by atomic mass is 9.99. The molecular weight excluding hydrogens is 279 g/mol. The van der Waals surface area contributed by atoms with Crippen LogP contribution in [0.5, 0.6) is 5.75 Å². The lowest BCUT2D eigenvalue weighted by Gasteiger charge is -2.13. The number of hydrogen-bond acceptors (Lipinski definition) is 2. The van der Waals surface area contributed by atoms with E-state index in [9.17, 15) is 13.2 Å². The molecular formula is C16H16F3NO. The van der Waals surface area contributed by atoms with Crippen molar-refractivity contribution < 1.29 is 17.9 Å². The molecule has 0 heterocycles. The first-order valence-corrected chi connectivity index (χ1v) is 6.54. The predicted octanol–water partition coefficient (Wildman–Crippen LogP) is 3.75. The first-order valence-electron chi connectivity index (χ1n) is 6.54. The van der Waals surface area contributed by atoms with Gasteiger partial charge in [0.25, 0.3) is 0 Å². The molecule has 0 fully saturated rings. The van der Waals surface area contributed by atoms with Crippen molar-refractivity contribution >= 4 is 0 Å². The van der Waals surface area contributed by atoms with E-state index >= 15 is 0 Å². The molecule has 0 spiro atoms. The number of benzene rings is 2. The van der Waals surface area contributed by atoms with Crippen LogP contribution in [0.4, 0.5) is 13.2 Å². The van der Waals surface area contributed by atoms with E-state index in [-0.39, 0.29) is 5.56 Å². The lowest BCUT2D eigenvalue weighted by molar-refractivity contribution is 0.414. The number of ether oxygens (including phenoxy) is 1. The van der Waals surface area contributed by atoms with Crippen LogP contribution < -0.4 is 10.5 Å². The van der Waals surface area contributed by atoms with Crippen molar-refractivity contribution in [3.63, 3.8) is 0 Å². The molecule has 0 radical (unpaired) electrons. The molecule has 0 aliphatic heterocycles. The molecule has 2 aromatic rings. The number of nitrogens with two attached hydrogens (primary N) is 1. The largest absolute Gasteiger partial charge is 0.497 e. The van der Waals surface area contributed by atoms with Gasteiger partial charge in [0.2, 0.25) is 0 Å². The number of hydrogen-bond donors (Lipinski definition) is 1. The van der Waals surface area contributed by atoms with Crippen LogP contribution in [-0.2, 0) is 6.42 Å². The summed E-state index contributed by atoms with van der Waals surface area (Å²) < 4.78 is 44.7. The summed E-state index contributed by atoms with van der Waals surface area (Å²) in [6, 6.07) is 8.06. The Morgan fingerprint density at radius 3 is 2.24 bits per heavy atom. The van der Waals surface area contributed by atoms with Gasteiger partial charge in [0, 0.05) is 17.7 Å². The second-order valence-electron chi connectivity index (χ2n) is 4.78. The molecule has 0 amide bonds. The first kappa shape index (κ1) is 15.4. The van der Waals surface area contributed by atoms with Crippen LogP contribution in [-0.4, -0.2) is 7.11 Å². The zero-order chi connectivity index (χ0) is 15.4. The smallest absolute Gasteiger partial charge is 0.161 e. The molecule has 2 rings (SSSR count). The van der Waals surface area contributed by atoms with Crippen molar-refractivity contribution in [1.29, 1.82) is 0 Å². The highest BCUT2D eigenvalue weighted by Crippen LogP contribution is 2.23. The number of halogens is 3. The molecule has 2 aromatic carbocycles. The molecule has 112 valence electrons. The summed E-state index contributed by atoms with van der Waals surface area (Å²) in [4.78, 5) is 0. The van der Waals surface area contributed by atoms with Gasteiger partial charge in [0.1, 0.15) is 11.6 Å². The maximum Gasteiger partial charge on any atom is 0.161 e. The van der Waals surface area contributed by atoms with E-state index in [0.29, 0.717) is 18.9 Å². The van der Waals surface area contributed by atoms with Crippen LogP contribution in [0.2, 0.25) is 0 Å². The van der Waals surface area contributed by atoms with Gasteiger partial charge in [-0.25, -0.2) is 13.2 Å². The Labute approximate surface area is 121 Å². The SMILES string of the molecule is COc1ccc(CCC(N)c2cc(F)c(F)cc2F)cc1. The summed E-state index contributed by atoms with van der Waals surface area (Å²) in [6.07, 6.45) is 1.03. The van der Waals surface area contributed by atoms with Gasteiger partial charge in [-0.2, -0.15) is 0 Å². The molecule has 1 atom stereocenters. The number of methoxy groups -OCH3 is 1.